The van der Waals surface area contributed by atoms with Crippen LogP contribution in [0.3, 0.4) is 0 Å². The highest BCUT2D eigenvalue weighted by atomic mass is 16.5. The average molecular weight is 359 g/mol. The molecule has 0 saturated carbocycles. The molecule has 26 heavy (non-hydrogen) atoms. The first kappa shape index (κ1) is 18.4. The predicted octanol–water partition coefficient (Wildman–Crippen LogP) is 0.232. The maximum atomic E-state index is 12.6. The zero-order valence-electron chi connectivity index (χ0n) is 15.0. The Bertz CT molecular complexity index is 791. The fourth-order valence-corrected chi connectivity index (χ4v) is 3.16. The quantitative estimate of drug-likeness (QED) is 0.608. The number of anilines is 1. The molecule has 8 nitrogen and oxygen atoms in total. The first-order chi connectivity index (χ1) is 12.5. The van der Waals surface area contributed by atoms with E-state index in [-0.39, 0.29) is 30.9 Å². The maximum Gasteiger partial charge on any atom is 0.256 e. The fraction of sp³-hybridized carbons (Fsp3) is 0.444. The zero-order chi connectivity index (χ0) is 18.7. The molecule has 2 atom stereocenters. The van der Waals surface area contributed by atoms with Crippen LogP contribution in [0.25, 0.3) is 5.69 Å². The Morgan fingerprint density at radius 1 is 1.54 bits per heavy atom. The normalized spacial score (nSPS) is 23.0. The Balaban J connectivity index is 1.74. The highest BCUT2D eigenvalue weighted by molar-refractivity contribution is 5.98. The summed E-state index contributed by atoms with van der Waals surface area (Å²) in [7, 11) is 0. The Morgan fingerprint density at radius 3 is 3.00 bits per heavy atom. The number of nitrogen functional groups attached to an aromatic ring is 1. The minimum atomic E-state index is -0.700. The standard InChI is InChI=1S/C18H25N5O3/c1-12-5-3-4-6-15(12)23-16(19)14(7-21-23)17(25)20-9-18(10-24)11-26-8-13(2)22-18/h3-7,13,22,24H,8-11,19H2,1-2H3,(H,20,25)/t13-,18+/m1/s1. The van der Waals surface area contributed by atoms with Crippen molar-refractivity contribution in [2.75, 3.05) is 32.1 Å². The summed E-state index contributed by atoms with van der Waals surface area (Å²) in [6.07, 6.45) is 1.45. The van der Waals surface area contributed by atoms with Gasteiger partial charge in [0.2, 0.25) is 0 Å². The van der Waals surface area contributed by atoms with Crippen molar-refractivity contribution in [1.82, 2.24) is 20.4 Å². The lowest BCUT2D eigenvalue weighted by molar-refractivity contribution is -0.0205. The lowest BCUT2D eigenvalue weighted by atomic mass is 9.98. The van der Waals surface area contributed by atoms with Gasteiger partial charge in [0.1, 0.15) is 11.4 Å². The summed E-state index contributed by atoms with van der Waals surface area (Å²) in [6.45, 7) is 4.90. The van der Waals surface area contributed by atoms with E-state index in [1.165, 1.54) is 6.20 Å². The van der Waals surface area contributed by atoms with Gasteiger partial charge in [-0.15, -0.1) is 0 Å². The molecule has 1 fully saturated rings. The molecule has 5 N–H and O–H groups in total. The molecule has 1 amide bonds. The third kappa shape index (κ3) is 3.57. The lowest BCUT2D eigenvalue weighted by Crippen LogP contribution is -2.65. The number of aryl methyl sites for hydroxylation is 1. The summed E-state index contributed by atoms with van der Waals surface area (Å²) in [5.41, 5.74) is 7.58. The molecule has 1 aliphatic heterocycles. The van der Waals surface area contributed by atoms with Crippen molar-refractivity contribution < 1.29 is 14.6 Å². The summed E-state index contributed by atoms with van der Waals surface area (Å²) in [5, 5.41) is 20.1. The van der Waals surface area contributed by atoms with Crippen LogP contribution < -0.4 is 16.4 Å². The molecule has 2 aromatic rings. The molecule has 0 bridgehead atoms. The van der Waals surface area contributed by atoms with Crippen LogP contribution in [0.5, 0.6) is 0 Å². The number of aromatic nitrogens is 2. The minimum Gasteiger partial charge on any atom is -0.394 e. The first-order valence-corrected chi connectivity index (χ1v) is 8.60. The molecule has 1 aromatic carbocycles. The Labute approximate surface area is 152 Å². The molecular formula is C18H25N5O3. The molecule has 0 aliphatic carbocycles. The summed E-state index contributed by atoms with van der Waals surface area (Å²) in [5.74, 6) is -0.0637. The second-order valence-electron chi connectivity index (χ2n) is 6.82. The van der Waals surface area contributed by atoms with Gasteiger partial charge < -0.3 is 26.2 Å². The van der Waals surface area contributed by atoms with Gasteiger partial charge in [-0.25, -0.2) is 4.68 Å². The molecule has 0 radical (unpaired) electrons. The predicted molar refractivity (Wildman–Crippen MR) is 98.3 cm³/mol. The van der Waals surface area contributed by atoms with E-state index >= 15 is 0 Å². The number of hydrogen-bond donors (Lipinski definition) is 4. The van der Waals surface area contributed by atoms with Gasteiger partial charge in [0, 0.05) is 12.6 Å². The van der Waals surface area contributed by atoms with E-state index in [9.17, 15) is 9.90 Å². The second-order valence-corrected chi connectivity index (χ2v) is 6.82. The molecule has 140 valence electrons. The topological polar surface area (TPSA) is 114 Å². The number of para-hydroxylation sites is 1. The molecule has 2 heterocycles. The van der Waals surface area contributed by atoms with Gasteiger partial charge in [0.05, 0.1) is 37.2 Å². The highest BCUT2D eigenvalue weighted by Crippen LogP contribution is 2.20. The average Bonchev–Trinajstić information content (AvgIpc) is 3.01. The van der Waals surface area contributed by atoms with E-state index in [1.807, 2.05) is 38.1 Å². The summed E-state index contributed by atoms with van der Waals surface area (Å²) < 4.78 is 7.06. The Hall–Kier alpha value is -2.42. The van der Waals surface area contributed by atoms with Crippen LogP contribution in [0, 0.1) is 6.92 Å². The summed E-state index contributed by atoms with van der Waals surface area (Å²) >= 11 is 0. The van der Waals surface area contributed by atoms with Crippen LogP contribution in [-0.2, 0) is 4.74 Å². The van der Waals surface area contributed by atoms with E-state index in [0.717, 1.165) is 11.3 Å². The van der Waals surface area contributed by atoms with E-state index in [1.54, 1.807) is 4.68 Å². The second kappa shape index (κ2) is 7.45. The van der Waals surface area contributed by atoms with Gasteiger partial charge in [-0.05, 0) is 25.5 Å². The lowest BCUT2D eigenvalue weighted by Gasteiger charge is -2.39. The van der Waals surface area contributed by atoms with Crippen molar-refractivity contribution in [3.8, 4) is 5.69 Å². The number of carbonyl (C=O) groups excluding carboxylic acids is 1. The molecule has 1 saturated heterocycles. The van der Waals surface area contributed by atoms with Gasteiger partial charge >= 0.3 is 0 Å². The number of hydrogen-bond acceptors (Lipinski definition) is 6. The van der Waals surface area contributed by atoms with Gasteiger partial charge in [-0.3, -0.25) is 4.79 Å². The summed E-state index contributed by atoms with van der Waals surface area (Å²) in [6, 6.07) is 7.77. The van der Waals surface area contributed by atoms with E-state index in [2.05, 4.69) is 15.7 Å². The van der Waals surface area contributed by atoms with E-state index in [0.29, 0.717) is 18.8 Å². The Morgan fingerprint density at radius 2 is 2.31 bits per heavy atom. The third-order valence-electron chi connectivity index (χ3n) is 4.58. The fourth-order valence-electron chi connectivity index (χ4n) is 3.16. The molecule has 1 aliphatic rings. The van der Waals surface area contributed by atoms with E-state index < -0.39 is 5.54 Å². The van der Waals surface area contributed by atoms with Crippen LogP contribution in [0.15, 0.2) is 30.5 Å². The monoisotopic (exact) mass is 359 g/mol. The van der Waals surface area contributed by atoms with Gasteiger partial charge in [0.15, 0.2) is 0 Å². The number of nitrogens with two attached hydrogens (primary N) is 1. The number of nitrogens with zero attached hydrogens (tertiary/aromatic N) is 2. The molecule has 0 unspecified atom stereocenters. The molecule has 8 heteroatoms. The van der Waals surface area contributed by atoms with Crippen molar-refractivity contribution in [2.45, 2.75) is 25.4 Å². The molecule has 1 aromatic heterocycles. The number of morpholine rings is 1. The number of aliphatic hydroxyl groups excluding tert-OH is 1. The van der Waals surface area contributed by atoms with Crippen molar-refractivity contribution in [2.24, 2.45) is 0 Å². The van der Waals surface area contributed by atoms with Crippen molar-refractivity contribution in [1.29, 1.82) is 0 Å². The van der Waals surface area contributed by atoms with Crippen LogP contribution in [0.2, 0.25) is 0 Å². The number of ether oxygens (including phenoxy) is 1. The van der Waals surface area contributed by atoms with Gasteiger partial charge in [-0.2, -0.15) is 5.10 Å². The Kier molecular flexibility index (Phi) is 5.26. The smallest absolute Gasteiger partial charge is 0.256 e. The number of benzene rings is 1. The van der Waals surface area contributed by atoms with Gasteiger partial charge in [0.25, 0.3) is 5.91 Å². The van der Waals surface area contributed by atoms with Gasteiger partial charge in [-0.1, -0.05) is 18.2 Å². The van der Waals surface area contributed by atoms with Crippen LogP contribution >= 0.6 is 0 Å². The van der Waals surface area contributed by atoms with E-state index in [4.69, 9.17) is 10.5 Å². The SMILES string of the molecule is Cc1ccccc1-n1ncc(C(=O)NC[C@]2(CO)COC[C@@H](C)N2)c1N. The summed E-state index contributed by atoms with van der Waals surface area (Å²) in [4.78, 5) is 12.6. The first-order valence-electron chi connectivity index (χ1n) is 8.60. The molecule has 3 rings (SSSR count). The highest BCUT2D eigenvalue weighted by Gasteiger charge is 2.35. The van der Waals surface area contributed by atoms with Crippen LogP contribution in [0.4, 0.5) is 5.82 Å². The number of aliphatic hydroxyl groups is 1. The minimum absolute atomic E-state index is 0.0988. The van der Waals surface area contributed by atoms with Crippen molar-refractivity contribution >= 4 is 11.7 Å². The number of carbonyl (C=O) groups is 1. The third-order valence-corrected chi connectivity index (χ3v) is 4.58. The molecule has 0 spiro atoms. The van der Waals surface area contributed by atoms with Crippen molar-refractivity contribution in [3.05, 3.63) is 41.6 Å². The number of amides is 1. The maximum absolute atomic E-state index is 12.6. The number of rotatable bonds is 5. The van der Waals surface area contributed by atoms with Crippen LogP contribution in [0.1, 0.15) is 22.8 Å². The largest absolute Gasteiger partial charge is 0.394 e. The molecular weight excluding hydrogens is 334 g/mol. The van der Waals surface area contributed by atoms with Crippen molar-refractivity contribution in [3.63, 3.8) is 0 Å². The van der Waals surface area contributed by atoms with Crippen LogP contribution in [-0.4, -0.2) is 58.7 Å². The number of nitrogens with one attached hydrogen (secondary N) is 2. The zero-order valence-corrected chi connectivity index (χ0v) is 15.0.